The average Bonchev–Trinajstić information content (AvgIpc) is 2.72. The van der Waals surface area contributed by atoms with Crippen molar-refractivity contribution < 1.29 is 22.7 Å². The molecule has 3 rings (SSSR count). The lowest BCUT2D eigenvalue weighted by molar-refractivity contribution is -0.147. The van der Waals surface area contributed by atoms with Gasteiger partial charge in [-0.15, -0.1) is 0 Å². The normalized spacial score (nSPS) is 18.1. The molecule has 1 N–H and O–H groups in total. The van der Waals surface area contributed by atoms with Crippen molar-refractivity contribution >= 4 is 33.7 Å². The molecule has 2 aliphatic heterocycles. The lowest BCUT2D eigenvalue weighted by Crippen LogP contribution is -2.44. The highest BCUT2D eigenvalue weighted by Crippen LogP contribution is 2.15. The molecule has 12 nitrogen and oxygen atoms in total. The van der Waals surface area contributed by atoms with E-state index in [0.717, 1.165) is 4.90 Å². The number of nitrogens with one attached hydrogen (secondary N) is 1. The van der Waals surface area contributed by atoms with Crippen LogP contribution in [0, 0.1) is 0 Å². The maximum absolute atomic E-state index is 12.4. The van der Waals surface area contributed by atoms with Gasteiger partial charge in [0, 0.05) is 46.6 Å². The van der Waals surface area contributed by atoms with Crippen molar-refractivity contribution in [3.8, 4) is 0 Å². The smallest absolute Gasteiger partial charge is 0.230 e. The molecule has 2 fully saturated rings. The van der Waals surface area contributed by atoms with Gasteiger partial charge in [-0.3, -0.25) is 14.5 Å². The summed E-state index contributed by atoms with van der Waals surface area (Å²) in [5.74, 6) is 0.145. The molecule has 0 bridgehead atoms. The number of imide groups is 1. The first-order chi connectivity index (χ1) is 14.2. The Morgan fingerprint density at radius 1 is 1.07 bits per heavy atom. The topological polar surface area (TPSA) is 138 Å². The zero-order valence-corrected chi connectivity index (χ0v) is 18.0. The number of likely N-dealkylation sites (tertiary alicyclic amines) is 1. The van der Waals surface area contributed by atoms with Crippen molar-refractivity contribution in [2.45, 2.75) is 25.8 Å². The number of anilines is 2. The zero-order chi connectivity index (χ0) is 21.7. The summed E-state index contributed by atoms with van der Waals surface area (Å²) in [6.45, 7) is 2.13. The molecule has 1 aromatic rings. The number of sulfonamides is 1. The number of aromatic nitrogens is 3. The number of piperidine rings is 1. The van der Waals surface area contributed by atoms with E-state index in [9.17, 15) is 18.0 Å². The molecule has 2 amide bonds. The van der Waals surface area contributed by atoms with Crippen molar-refractivity contribution in [3.05, 3.63) is 5.82 Å². The highest BCUT2D eigenvalue weighted by molar-refractivity contribution is 7.89. The van der Waals surface area contributed by atoms with Crippen LogP contribution >= 0.6 is 0 Å². The maximum atomic E-state index is 12.4. The SMILES string of the molecule is CN(C)c1nc(CNS(=O)(=O)CCN2C(=O)CCCC2=O)nc(N2CCOCC2)n1. The van der Waals surface area contributed by atoms with Crippen LogP contribution in [-0.2, 0) is 30.9 Å². The molecule has 2 aliphatic rings. The fraction of sp³-hybridized carbons (Fsp3) is 0.706. The second-order valence-corrected chi connectivity index (χ2v) is 9.20. The van der Waals surface area contributed by atoms with Gasteiger partial charge in [-0.05, 0) is 6.42 Å². The molecule has 0 aliphatic carbocycles. The van der Waals surface area contributed by atoms with Crippen LogP contribution in [0.25, 0.3) is 0 Å². The molecule has 0 unspecified atom stereocenters. The number of carbonyl (C=O) groups excluding carboxylic acids is 2. The molecule has 0 spiro atoms. The minimum absolute atomic E-state index is 0.120. The number of amides is 2. The highest BCUT2D eigenvalue weighted by Gasteiger charge is 2.27. The molecule has 0 atom stereocenters. The third-order valence-electron chi connectivity index (χ3n) is 4.77. The summed E-state index contributed by atoms with van der Waals surface area (Å²) in [5, 5.41) is 0. The largest absolute Gasteiger partial charge is 0.378 e. The van der Waals surface area contributed by atoms with Crippen LogP contribution in [0.2, 0.25) is 0 Å². The quantitative estimate of drug-likeness (QED) is 0.486. The number of morpholine rings is 1. The van der Waals surface area contributed by atoms with E-state index < -0.39 is 10.0 Å². The van der Waals surface area contributed by atoms with Crippen molar-refractivity contribution in [2.75, 3.05) is 62.5 Å². The van der Waals surface area contributed by atoms with Crippen LogP contribution in [0.5, 0.6) is 0 Å². The Labute approximate surface area is 175 Å². The van der Waals surface area contributed by atoms with Crippen molar-refractivity contribution in [1.82, 2.24) is 24.6 Å². The summed E-state index contributed by atoms with van der Waals surface area (Å²) in [6, 6.07) is 0. The lowest BCUT2D eigenvalue weighted by atomic mass is 10.1. The van der Waals surface area contributed by atoms with Gasteiger partial charge in [0.05, 0.1) is 25.5 Å². The Kier molecular flexibility index (Phi) is 7.15. The maximum Gasteiger partial charge on any atom is 0.230 e. The van der Waals surface area contributed by atoms with Gasteiger partial charge in [0.2, 0.25) is 33.7 Å². The summed E-state index contributed by atoms with van der Waals surface area (Å²) < 4.78 is 32.6. The molecule has 0 aromatic carbocycles. The Morgan fingerprint density at radius 2 is 1.73 bits per heavy atom. The van der Waals surface area contributed by atoms with Gasteiger partial charge < -0.3 is 14.5 Å². The molecule has 0 radical (unpaired) electrons. The van der Waals surface area contributed by atoms with Crippen molar-refractivity contribution in [1.29, 1.82) is 0 Å². The molecular formula is C17H27N7O5S. The fourth-order valence-electron chi connectivity index (χ4n) is 3.09. The van der Waals surface area contributed by atoms with Crippen LogP contribution in [0.4, 0.5) is 11.9 Å². The number of hydrogen-bond acceptors (Lipinski definition) is 10. The third-order valence-corrected chi connectivity index (χ3v) is 6.07. The van der Waals surface area contributed by atoms with E-state index >= 15 is 0 Å². The third kappa shape index (κ3) is 5.83. The monoisotopic (exact) mass is 441 g/mol. The van der Waals surface area contributed by atoms with Gasteiger partial charge in [-0.25, -0.2) is 13.1 Å². The van der Waals surface area contributed by atoms with Gasteiger partial charge >= 0.3 is 0 Å². The van der Waals surface area contributed by atoms with E-state index in [4.69, 9.17) is 4.74 Å². The second kappa shape index (κ2) is 9.62. The summed E-state index contributed by atoms with van der Waals surface area (Å²) in [5.41, 5.74) is 0. The predicted octanol–water partition coefficient (Wildman–Crippen LogP) is -1.27. The first kappa shape index (κ1) is 22.3. The van der Waals surface area contributed by atoms with Gasteiger partial charge in [-0.2, -0.15) is 15.0 Å². The minimum atomic E-state index is -3.74. The minimum Gasteiger partial charge on any atom is -0.378 e. The number of ether oxygens (including phenoxy) is 1. The number of nitrogens with zero attached hydrogens (tertiary/aromatic N) is 6. The standard InChI is InChI=1S/C17H27N7O5S/c1-22(2)16-19-13(20-17(21-16)23-6-9-29-10-7-23)12-18-30(27,28)11-8-24-14(25)4-3-5-15(24)26/h18H,3-12H2,1-2H3. The van der Waals surface area contributed by atoms with E-state index in [2.05, 4.69) is 19.7 Å². The van der Waals surface area contributed by atoms with Gasteiger partial charge in [0.25, 0.3) is 0 Å². The molecule has 166 valence electrons. The fourth-order valence-corrected chi connectivity index (χ4v) is 4.00. The molecule has 13 heteroatoms. The first-order valence-electron chi connectivity index (χ1n) is 9.81. The Balaban J connectivity index is 1.65. The summed E-state index contributed by atoms with van der Waals surface area (Å²) >= 11 is 0. The number of hydrogen-bond donors (Lipinski definition) is 1. The molecule has 3 heterocycles. The summed E-state index contributed by atoms with van der Waals surface area (Å²) in [7, 11) is -0.159. The first-order valence-corrected chi connectivity index (χ1v) is 11.5. The highest BCUT2D eigenvalue weighted by atomic mass is 32.2. The van der Waals surface area contributed by atoms with E-state index in [0.29, 0.717) is 44.6 Å². The summed E-state index contributed by atoms with van der Waals surface area (Å²) in [6.07, 6.45) is 1.04. The Bertz CT molecular complexity index is 870. The zero-order valence-electron chi connectivity index (χ0n) is 17.2. The second-order valence-electron chi connectivity index (χ2n) is 7.28. The van der Waals surface area contributed by atoms with Crippen LogP contribution in [-0.4, -0.2) is 92.8 Å². The molecule has 30 heavy (non-hydrogen) atoms. The average molecular weight is 442 g/mol. The molecular weight excluding hydrogens is 414 g/mol. The van der Waals surface area contributed by atoms with E-state index in [1.165, 1.54) is 0 Å². The van der Waals surface area contributed by atoms with Crippen LogP contribution in [0.3, 0.4) is 0 Å². The molecule has 1 aromatic heterocycles. The van der Waals surface area contributed by atoms with Gasteiger partial charge in [0.15, 0.2) is 5.82 Å². The lowest BCUT2D eigenvalue weighted by Gasteiger charge is -2.27. The van der Waals surface area contributed by atoms with E-state index in [1.807, 2.05) is 4.90 Å². The van der Waals surface area contributed by atoms with E-state index in [1.54, 1.807) is 19.0 Å². The summed E-state index contributed by atoms with van der Waals surface area (Å²) in [4.78, 5) is 41.5. The van der Waals surface area contributed by atoms with Crippen molar-refractivity contribution in [3.63, 3.8) is 0 Å². The Morgan fingerprint density at radius 3 is 2.37 bits per heavy atom. The van der Waals surface area contributed by atoms with Crippen LogP contribution in [0.1, 0.15) is 25.1 Å². The van der Waals surface area contributed by atoms with E-state index in [-0.39, 0.29) is 49.3 Å². The van der Waals surface area contributed by atoms with Crippen molar-refractivity contribution in [2.24, 2.45) is 0 Å². The van der Waals surface area contributed by atoms with Crippen LogP contribution < -0.4 is 14.5 Å². The van der Waals surface area contributed by atoms with Gasteiger partial charge in [0.1, 0.15) is 0 Å². The molecule has 2 saturated heterocycles. The Hall–Kier alpha value is -2.38. The van der Waals surface area contributed by atoms with Gasteiger partial charge in [-0.1, -0.05) is 0 Å². The number of carbonyl (C=O) groups is 2. The van der Waals surface area contributed by atoms with Crippen LogP contribution in [0.15, 0.2) is 0 Å². The number of rotatable bonds is 8. The molecule has 0 saturated carbocycles. The predicted molar refractivity (Wildman–Crippen MR) is 108 cm³/mol.